The Balaban J connectivity index is 1.49. The monoisotopic (exact) mass is 292 g/mol. The number of nitrogens with zero attached hydrogens (tertiary/aromatic N) is 1. The Morgan fingerprint density at radius 2 is 1.81 bits per heavy atom. The molecule has 1 saturated heterocycles. The lowest BCUT2D eigenvalue weighted by molar-refractivity contribution is 0.0520. The molecular weight excluding hydrogens is 256 g/mol. The molecule has 0 radical (unpaired) electrons. The molecule has 3 fully saturated rings. The lowest BCUT2D eigenvalue weighted by Crippen LogP contribution is -2.64. The van der Waals surface area contributed by atoms with Crippen molar-refractivity contribution in [2.45, 2.75) is 95.6 Å². The SMILES string of the molecule is CCC1CNC2(CCCCC2)CN1CCCC1CCCC1. The van der Waals surface area contributed by atoms with Gasteiger partial charge in [-0.3, -0.25) is 4.90 Å². The molecule has 0 aromatic heterocycles. The van der Waals surface area contributed by atoms with E-state index in [0.717, 1.165) is 12.0 Å². The molecule has 122 valence electrons. The van der Waals surface area contributed by atoms with Gasteiger partial charge in [-0.25, -0.2) is 0 Å². The van der Waals surface area contributed by atoms with Crippen molar-refractivity contribution in [2.75, 3.05) is 19.6 Å². The van der Waals surface area contributed by atoms with E-state index < -0.39 is 0 Å². The van der Waals surface area contributed by atoms with Crippen molar-refractivity contribution in [1.82, 2.24) is 10.2 Å². The largest absolute Gasteiger partial charge is 0.308 e. The molecular formula is C19H36N2. The van der Waals surface area contributed by atoms with Gasteiger partial charge >= 0.3 is 0 Å². The van der Waals surface area contributed by atoms with Gasteiger partial charge in [0, 0.05) is 24.7 Å². The summed E-state index contributed by atoms with van der Waals surface area (Å²) in [6.45, 7) is 6.30. The zero-order chi connectivity index (χ0) is 14.5. The van der Waals surface area contributed by atoms with E-state index in [9.17, 15) is 0 Å². The van der Waals surface area contributed by atoms with Crippen molar-refractivity contribution in [3.63, 3.8) is 0 Å². The minimum Gasteiger partial charge on any atom is -0.308 e. The van der Waals surface area contributed by atoms with Crippen LogP contribution in [0, 0.1) is 5.92 Å². The van der Waals surface area contributed by atoms with Crippen molar-refractivity contribution < 1.29 is 0 Å². The maximum atomic E-state index is 3.96. The lowest BCUT2D eigenvalue weighted by Gasteiger charge is -2.50. The summed E-state index contributed by atoms with van der Waals surface area (Å²) in [5, 5.41) is 3.96. The normalized spacial score (nSPS) is 31.0. The minimum absolute atomic E-state index is 0.483. The maximum absolute atomic E-state index is 3.96. The van der Waals surface area contributed by atoms with E-state index >= 15 is 0 Å². The highest BCUT2D eigenvalue weighted by atomic mass is 15.3. The van der Waals surface area contributed by atoms with Gasteiger partial charge in [0.2, 0.25) is 0 Å². The Morgan fingerprint density at radius 1 is 1.05 bits per heavy atom. The molecule has 1 unspecified atom stereocenters. The topological polar surface area (TPSA) is 15.3 Å². The lowest BCUT2D eigenvalue weighted by atomic mass is 9.79. The third kappa shape index (κ3) is 4.01. The fourth-order valence-electron chi connectivity index (χ4n) is 5.15. The Bertz CT molecular complexity index is 303. The first-order chi connectivity index (χ1) is 10.3. The van der Waals surface area contributed by atoms with Crippen LogP contribution in [0.15, 0.2) is 0 Å². The molecule has 0 aromatic carbocycles. The Morgan fingerprint density at radius 3 is 2.52 bits per heavy atom. The van der Waals surface area contributed by atoms with Crippen LogP contribution in [0.4, 0.5) is 0 Å². The molecule has 2 nitrogen and oxygen atoms in total. The van der Waals surface area contributed by atoms with Gasteiger partial charge in [-0.2, -0.15) is 0 Å². The summed E-state index contributed by atoms with van der Waals surface area (Å²) >= 11 is 0. The summed E-state index contributed by atoms with van der Waals surface area (Å²) in [4.78, 5) is 2.86. The van der Waals surface area contributed by atoms with Crippen LogP contribution in [-0.4, -0.2) is 36.1 Å². The second kappa shape index (κ2) is 7.46. The highest BCUT2D eigenvalue weighted by Crippen LogP contribution is 2.33. The van der Waals surface area contributed by atoms with Gasteiger partial charge in [-0.15, -0.1) is 0 Å². The molecule has 2 saturated carbocycles. The molecule has 1 spiro atoms. The predicted molar refractivity (Wildman–Crippen MR) is 90.7 cm³/mol. The molecule has 3 rings (SSSR count). The quantitative estimate of drug-likeness (QED) is 0.810. The average Bonchev–Trinajstić information content (AvgIpc) is 3.02. The Hall–Kier alpha value is -0.0800. The van der Waals surface area contributed by atoms with E-state index in [1.165, 1.54) is 96.7 Å². The number of rotatable bonds is 5. The molecule has 21 heavy (non-hydrogen) atoms. The average molecular weight is 293 g/mol. The van der Waals surface area contributed by atoms with Crippen LogP contribution in [0.2, 0.25) is 0 Å². The smallest absolute Gasteiger partial charge is 0.0309 e. The van der Waals surface area contributed by atoms with Crippen LogP contribution in [0.1, 0.15) is 84.0 Å². The van der Waals surface area contributed by atoms with Crippen LogP contribution in [0.5, 0.6) is 0 Å². The highest BCUT2D eigenvalue weighted by Gasteiger charge is 2.39. The fourth-order valence-corrected chi connectivity index (χ4v) is 5.15. The summed E-state index contributed by atoms with van der Waals surface area (Å²) in [5.74, 6) is 1.07. The van der Waals surface area contributed by atoms with Crippen LogP contribution < -0.4 is 5.32 Å². The molecule has 2 aliphatic carbocycles. The zero-order valence-corrected chi connectivity index (χ0v) is 14.2. The van der Waals surface area contributed by atoms with Crippen LogP contribution in [-0.2, 0) is 0 Å². The molecule has 1 aliphatic heterocycles. The van der Waals surface area contributed by atoms with Crippen LogP contribution in [0.3, 0.4) is 0 Å². The predicted octanol–water partition coefficient (Wildman–Crippen LogP) is 4.34. The van der Waals surface area contributed by atoms with E-state index in [4.69, 9.17) is 0 Å². The van der Waals surface area contributed by atoms with Crippen molar-refractivity contribution >= 4 is 0 Å². The third-order valence-electron chi connectivity index (χ3n) is 6.55. The zero-order valence-electron chi connectivity index (χ0n) is 14.2. The minimum atomic E-state index is 0.483. The van der Waals surface area contributed by atoms with Gasteiger partial charge in [-0.1, -0.05) is 51.9 Å². The number of hydrogen-bond acceptors (Lipinski definition) is 2. The first kappa shape index (κ1) is 15.8. The molecule has 0 amide bonds. The Labute approximate surface area is 132 Å². The van der Waals surface area contributed by atoms with E-state index in [1.54, 1.807) is 0 Å². The summed E-state index contributed by atoms with van der Waals surface area (Å²) in [6, 6.07) is 0.793. The fraction of sp³-hybridized carbons (Fsp3) is 1.00. The number of hydrogen-bond donors (Lipinski definition) is 1. The number of piperazine rings is 1. The van der Waals surface area contributed by atoms with Gasteiger partial charge in [0.25, 0.3) is 0 Å². The molecule has 1 N–H and O–H groups in total. The Kier molecular flexibility index (Phi) is 5.61. The first-order valence-electron chi connectivity index (χ1n) is 9.80. The van der Waals surface area contributed by atoms with E-state index in [-0.39, 0.29) is 0 Å². The van der Waals surface area contributed by atoms with Gasteiger partial charge in [0.15, 0.2) is 0 Å². The van der Waals surface area contributed by atoms with Crippen molar-refractivity contribution in [3.8, 4) is 0 Å². The molecule has 3 aliphatic rings. The molecule has 2 heteroatoms. The van der Waals surface area contributed by atoms with Crippen LogP contribution in [0.25, 0.3) is 0 Å². The third-order valence-corrected chi connectivity index (χ3v) is 6.55. The van der Waals surface area contributed by atoms with Gasteiger partial charge in [-0.05, 0) is 44.6 Å². The van der Waals surface area contributed by atoms with Gasteiger partial charge in [0.05, 0.1) is 0 Å². The molecule has 0 bridgehead atoms. The van der Waals surface area contributed by atoms with Gasteiger partial charge in [0.1, 0.15) is 0 Å². The van der Waals surface area contributed by atoms with Crippen molar-refractivity contribution in [2.24, 2.45) is 5.92 Å². The summed E-state index contributed by atoms with van der Waals surface area (Å²) in [5.41, 5.74) is 0.483. The van der Waals surface area contributed by atoms with E-state index in [0.29, 0.717) is 5.54 Å². The highest BCUT2D eigenvalue weighted by molar-refractivity contribution is 4.99. The summed E-state index contributed by atoms with van der Waals surface area (Å²) in [6.07, 6.45) is 17.5. The molecule has 0 aromatic rings. The van der Waals surface area contributed by atoms with Crippen molar-refractivity contribution in [1.29, 1.82) is 0 Å². The molecule has 1 atom stereocenters. The first-order valence-corrected chi connectivity index (χ1v) is 9.80. The van der Waals surface area contributed by atoms with Crippen molar-refractivity contribution in [3.05, 3.63) is 0 Å². The number of nitrogens with one attached hydrogen (secondary N) is 1. The second-order valence-corrected chi connectivity index (χ2v) is 8.05. The summed E-state index contributed by atoms with van der Waals surface area (Å²) in [7, 11) is 0. The van der Waals surface area contributed by atoms with Crippen LogP contribution >= 0.6 is 0 Å². The summed E-state index contributed by atoms with van der Waals surface area (Å²) < 4.78 is 0. The van der Waals surface area contributed by atoms with E-state index in [2.05, 4.69) is 17.1 Å². The standard InChI is InChI=1S/C19H36N2/c1-2-18-15-20-19(12-6-3-7-13-19)16-21(18)14-8-11-17-9-4-5-10-17/h17-18,20H,2-16H2,1H3. The maximum Gasteiger partial charge on any atom is 0.0309 e. The van der Waals surface area contributed by atoms with E-state index in [1.807, 2.05) is 0 Å². The molecule has 1 heterocycles. The van der Waals surface area contributed by atoms with Gasteiger partial charge < -0.3 is 5.32 Å². The second-order valence-electron chi connectivity index (χ2n) is 8.05.